The largest absolute Gasteiger partial charge is 0.496 e. The topological polar surface area (TPSA) is 81.2 Å². The molecule has 3 rings (SSSR count). The van der Waals surface area contributed by atoms with Crippen LogP contribution in [0, 0.1) is 0 Å². The van der Waals surface area contributed by atoms with Crippen LogP contribution in [0.25, 0.3) is 24.3 Å². The van der Waals surface area contributed by atoms with Gasteiger partial charge in [-0.1, -0.05) is 0 Å². The number of benzene rings is 2. The van der Waals surface area contributed by atoms with Crippen molar-refractivity contribution >= 4 is 24.3 Å². The Morgan fingerprint density at radius 3 is 1.03 bits per heavy atom. The molecule has 0 aliphatic carbocycles. The molecule has 0 aliphatic heterocycles. The van der Waals surface area contributed by atoms with Crippen LogP contribution in [0.5, 0.6) is 34.5 Å². The molecule has 0 bridgehead atoms. The van der Waals surface area contributed by atoms with Crippen molar-refractivity contribution in [1.29, 1.82) is 0 Å². The van der Waals surface area contributed by atoms with Crippen molar-refractivity contribution in [3.05, 3.63) is 59.2 Å². The molecule has 0 saturated carbocycles. The highest BCUT2D eigenvalue weighted by Gasteiger charge is 2.12. The van der Waals surface area contributed by atoms with Gasteiger partial charge in [-0.05, 0) is 24.3 Å². The molecule has 0 aliphatic rings. The van der Waals surface area contributed by atoms with Crippen LogP contribution < -0.4 is 28.4 Å². The standard InChI is InChI=1S/C26H28N2O6/c1-29-19-11-23(31-3)21(24(12-19)32-4)9-7-17-15-28-18(16-27-17)8-10-22-25(33-5)13-20(30-2)14-26(22)34-6/h7-16H,1-6H3/b9-7+,10-8+. The summed E-state index contributed by atoms with van der Waals surface area (Å²) < 4.78 is 32.5. The van der Waals surface area contributed by atoms with Gasteiger partial charge in [0.1, 0.15) is 34.5 Å². The first-order chi connectivity index (χ1) is 16.6. The minimum absolute atomic E-state index is 0.627. The van der Waals surface area contributed by atoms with Gasteiger partial charge in [-0.2, -0.15) is 0 Å². The van der Waals surface area contributed by atoms with Crippen LogP contribution in [-0.4, -0.2) is 52.6 Å². The van der Waals surface area contributed by atoms with E-state index in [0.717, 1.165) is 11.1 Å². The summed E-state index contributed by atoms with van der Waals surface area (Å²) in [6, 6.07) is 7.18. The molecule has 0 atom stereocenters. The third-order valence-corrected chi connectivity index (χ3v) is 5.04. The second kappa shape index (κ2) is 11.6. The molecule has 1 heterocycles. The fraction of sp³-hybridized carbons (Fsp3) is 0.231. The van der Waals surface area contributed by atoms with E-state index in [1.807, 2.05) is 24.3 Å². The van der Waals surface area contributed by atoms with Crippen molar-refractivity contribution in [1.82, 2.24) is 9.97 Å². The Morgan fingerprint density at radius 1 is 0.471 bits per heavy atom. The first-order valence-corrected chi connectivity index (χ1v) is 10.3. The molecular weight excluding hydrogens is 436 g/mol. The summed E-state index contributed by atoms with van der Waals surface area (Å²) in [7, 11) is 9.57. The van der Waals surface area contributed by atoms with Gasteiger partial charge in [-0.15, -0.1) is 0 Å². The third kappa shape index (κ3) is 5.58. The van der Waals surface area contributed by atoms with Crippen molar-refractivity contribution in [2.75, 3.05) is 42.7 Å². The van der Waals surface area contributed by atoms with E-state index in [0.29, 0.717) is 45.9 Å². The van der Waals surface area contributed by atoms with Crippen LogP contribution >= 0.6 is 0 Å². The number of hydrogen-bond donors (Lipinski definition) is 0. The molecule has 0 saturated heterocycles. The molecule has 0 N–H and O–H groups in total. The predicted octanol–water partition coefficient (Wildman–Crippen LogP) is 4.87. The second-order valence-corrected chi connectivity index (χ2v) is 6.92. The average molecular weight is 465 g/mol. The maximum atomic E-state index is 5.48. The molecule has 0 amide bonds. The summed E-state index contributed by atoms with van der Waals surface area (Å²) in [4.78, 5) is 8.95. The zero-order chi connectivity index (χ0) is 24.5. The molecule has 0 radical (unpaired) electrons. The normalized spacial score (nSPS) is 11.0. The highest BCUT2D eigenvalue weighted by molar-refractivity contribution is 5.77. The Balaban J connectivity index is 1.83. The maximum absolute atomic E-state index is 5.48. The smallest absolute Gasteiger partial charge is 0.133 e. The van der Waals surface area contributed by atoms with Crippen LogP contribution in [-0.2, 0) is 0 Å². The summed E-state index contributed by atoms with van der Waals surface area (Å²) in [6.07, 6.45) is 10.8. The molecule has 3 aromatic rings. The predicted molar refractivity (Wildman–Crippen MR) is 132 cm³/mol. The van der Waals surface area contributed by atoms with Crippen LogP contribution in [0.15, 0.2) is 36.7 Å². The Bertz CT molecular complexity index is 1030. The zero-order valence-corrected chi connectivity index (χ0v) is 20.1. The van der Waals surface area contributed by atoms with Gasteiger partial charge in [-0.3, -0.25) is 9.97 Å². The summed E-state index contributed by atoms with van der Waals surface area (Å²) in [5, 5.41) is 0. The Kier molecular flexibility index (Phi) is 8.34. The lowest BCUT2D eigenvalue weighted by atomic mass is 10.1. The van der Waals surface area contributed by atoms with Gasteiger partial charge in [0.15, 0.2) is 0 Å². The van der Waals surface area contributed by atoms with Crippen molar-refractivity contribution < 1.29 is 28.4 Å². The van der Waals surface area contributed by atoms with Crippen LogP contribution in [0.2, 0.25) is 0 Å². The van der Waals surface area contributed by atoms with Gasteiger partial charge in [0, 0.05) is 24.3 Å². The van der Waals surface area contributed by atoms with E-state index in [1.54, 1.807) is 79.3 Å². The lowest BCUT2D eigenvalue weighted by Gasteiger charge is -2.12. The van der Waals surface area contributed by atoms with Crippen molar-refractivity contribution in [2.45, 2.75) is 0 Å². The van der Waals surface area contributed by atoms with Gasteiger partial charge in [0.2, 0.25) is 0 Å². The summed E-state index contributed by atoms with van der Waals surface area (Å²) in [5.41, 5.74) is 2.90. The van der Waals surface area contributed by atoms with E-state index < -0.39 is 0 Å². The first kappa shape index (κ1) is 24.4. The van der Waals surface area contributed by atoms with Gasteiger partial charge in [-0.25, -0.2) is 0 Å². The van der Waals surface area contributed by atoms with E-state index >= 15 is 0 Å². The first-order valence-electron chi connectivity index (χ1n) is 10.3. The Morgan fingerprint density at radius 2 is 0.794 bits per heavy atom. The second-order valence-electron chi connectivity index (χ2n) is 6.92. The number of methoxy groups -OCH3 is 6. The number of ether oxygens (including phenoxy) is 6. The summed E-state index contributed by atoms with van der Waals surface area (Å²) in [6.45, 7) is 0. The lowest BCUT2D eigenvalue weighted by Crippen LogP contribution is -1.95. The molecule has 178 valence electrons. The zero-order valence-electron chi connectivity index (χ0n) is 20.1. The molecule has 0 spiro atoms. The van der Waals surface area contributed by atoms with Crippen LogP contribution in [0.3, 0.4) is 0 Å². The fourth-order valence-electron chi connectivity index (χ4n) is 3.25. The minimum atomic E-state index is 0.627. The van der Waals surface area contributed by atoms with E-state index in [2.05, 4.69) is 9.97 Å². The Hall–Kier alpha value is -4.20. The third-order valence-electron chi connectivity index (χ3n) is 5.04. The molecule has 2 aromatic carbocycles. The van der Waals surface area contributed by atoms with Crippen molar-refractivity contribution in [3.8, 4) is 34.5 Å². The number of nitrogens with zero attached hydrogens (tertiary/aromatic N) is 2. The molecule has 0 fully saturated rings. The number of hydrogen-bond acceptors (Lipinski definition) is 8. The maximum Gasteiger partial charge on any atom is 0.133 e. The molecule has 8 nitrogen and oxygen atoms in total. The number of rotatable bonds is 10. The summed E-state index contributed by atoms with van der Waals surface area (Å²) >= 11 is 0. The van der Waals surface area contributed by atoms with Crippen LogP contribution in [0.4, 0.5) is 0 Å². The van der Waals surface area contributed by atoms with E-state index in [9.17, 15) is 0 Å². The molecule has 0 unspecified atom stereocenters. The highest BCUT2D eigenvalue weighted by atomic mass is 16.5. The van der Waals surface area contributed by atoms with Gasteiger partial charge < -0.3 is 28.4 Å². The molecule has 1 aromatic heterocycles. The van der Waals surface area contributed by atoms with E-state index in [1.165, 1.54) is 0 Å². The van der Waals surface area contributed by atoms with E-state index in [4.69, 9.17) is 28.4 Å². The lowest BCUT2D eigenvalue weighted by molar-refractivity contribution is 0.374. The van der Waals surface area contributed by atoms with Gasteiger partial charge in [0.05, 0.1) is 77.6 Å². The van der Waals surface area contributed by atoms with Crippen LogP contribution in [0.1, 0.15) is 22.5 Å². The van der Waals surface area contributed by atoms with Gasteiger partial charge >= 0.3 is 0 Å². The van der Waals surface area contributed by atoms with Crippen molar-refractivity contribution in [2.24, 2.45) is 0 Å². The van der Waals surface area contributed by atoms with E-state index in [-0.39, 0.29) is 0 Å². The monoisotopic (exact) mass is 464 g/mol. The fourth-order valence-corrected chi connectivity index (χ4v) is 3.25. The summed E-state index contributed by atoms with van der Waals surface area (Å²) in [5.74, 6) is 3.80. The molecule has 8 heteroatoms. The highest BCUT2D eigenvalue weighted by Crippen LogP contribution is 2.36. The number of aromatic nitrogens is 2. The van der Waals surface area contributed by atoms with Crippen molar-refractivity contribution in [3.63, 3.8) is 0 Å². The minimum Gasteiger partial charge on any atom is -0.496 e. The molecule has 34 heavy (non-hydrogen) atoms. The SMILES string of the molecule is COc1cc(OC)c(/C=C/c2cnc(/C=C/c3c(OC)cc(OC)cc3OC)cn2)c(OC)c1. The Labute approximate surface area is 199 Å². The quantitative estimate of drug-likeness (QED) is 0.420. The molecular formula is C26H28N2O6. The average Bonchev–Trinajstić information content (AvgIpc) is 2.90. The van der Waals surface area contributed by atoms with Gasteiger partial charge in [0.25, 0.3) is 0 Å².